The van der Waals surface area contributed by atoms with Crippen molar-refractivity contribution in [1.82, 2.24) is 0 Å². The lowest BCUT2D eigenvalue weighted by Gasteiger charge is -2.30. The first-order valence-electron chi connectivity index (χ1n) is 6.53. The fourth-order valence-electron chi connectivity index (χ4n) is 2.57. The highest BCUT2D eigenvalue weighted by Gasteiger charge is 2.31. The molecule has 0 aliphatic carbocycles. The molecule has 1 nitrogen and oxygen atoms in total. The van der Waals surface area contributed by atoms with Crippen LogP contribution in [0, 0.1) is 19.7 Å². The molecule has 2 heteroatoms. The van der Waals surface area contributed by atoms with Crippen molar-refractivity contribution in [3.63, 3.8) is 0 Å². The van der Waals surface area contributed by atoms with Crippen LogP contribution >= 0.6 is 0 Å². The molecule has 0 aliphatic rings. The van der Waals surface area contributed by atoms with E-state index in [0.717, 1.165) is 16.7 Å². The number of rotatable bonds is 3. The van der Waals surface area contributed by atoms with E-state index in [4.69, 9.17) is 0 Å². The van der Waals surface area contributed by atoms with Crippen molar-refractivity contribution in [3.05, 3.63) is 70.5 Å². The Morgan fingerprint density at radius 2 is 1.84 bits per heavy atom. The van der Waals surface area contributed by atoms with E-state index in [-0.39, 0.29) is 5.82 Å². The maximum absolute atomic E-state index is 13.4. The minimum absolute atomic E-state index is 0.325. The van der Waals surface area contributed by atoms with Crippen LogP contribution in [0.15, 0.2) is 42.5 Å². The Morgan fingerprint density at radius 3 is 2.42 bits per heavy atom. The van der Waals surface area contributed by atoms with Gasteiger partial charge in [0, 0.05) is 0 Å². The lowest BCUT2D eigenvalue weighted by atomic mass is 9.81. The summed E-state index contributed by atoms with van der Waals surface area (Å²) in [5.41, 5.74) is 2.47. The maximum Gasteiger partial charge on any atom is 0.123 e. The quantitative estimate of drug-likeness (QED) is 0.879. The predicted molar refractivity (Wildman–Crippen MR) is 75.6 cm³/mol. The third-order valence-electron chi connectivity index (χ3n) is 3.64. The Bertz CT molecular complexity index is 592. The molecular weight excluding hydrogens is 239 g/mol. The Kier molecular flexibility index (Phi) is 3.72. The van der Waals surface area contributed by atoms with E-state index in [1.54, 1.807) is 12.1 Å². The highest BCUT2D eigenvalue weighted by Crippen LogP contribution is 2.35. The molecule has 0 saturated carbocycles. The van der Waals surface area contributed by atoms with Crippen molar-refractivity contribution in [2.24, 2.45) is 0 Å². The van der Waals surface area contributed by atoms with E-state index >= 15 is 0 Å². The Balaban J connectivity index is 2.59. The molecule has 0 radical (unpaired) electrons. The molecule has 0 bridgehead atoms. The van der Waals surface area contributed by atoms with E-state index in [9.17, 15) is 9.50 Å². The highest BCUT2D eigenvalue weighted by molar-refractivity contribution is 5.42. The van der Waals surface area contributed by atoms with Crippen molar-refractivity contribution < 1.29 is 9.50 Å². The molecule has 19 heavy (non-hydrogen) atoms. The topological polar surface area (TPSA) is 20.2 Å². The molecule has 0 saturated heterocycles. The first kappa shape index (κ1) is 13.8. The molecule has 1 N–H and O–H groups in total. The van der Waals surface area contributed by atoms with Crippen LogP contribution in [0.2, 0.25) is 0 Å². The van der Waals surface area contributed by atoms with Gasteiger partial charge < -0.3 is 5.11 Å². The van der Waals surface area contributed by atoms with Crippen LogP contribution in [-0.4, -0.2) is 5.11 Å². The maximum atomic E-state index is 13.4. The molecule has 0 aromatic heterocycles. The van der Waals surface area contributed by atoms with Crippen LogP contribution in [0.3, 0.4) is 0 Å². The summed E-state index contributed by atoms with van der Waals surface area (Å²) in [6, 6.07) is 12.1. The lowest BCUT2D eigenvalue weighted by molar-refractivity contribution is 0.0755. The summed E-state index contributed by atoms with van der Waals surface area (Å²) < 4.78 is 13.4. The number of hydrogen-bond donors (Lipinski definition) is 1. The lowest BCUT2D eigenvalue weighted by Crippen LogP contribution is -2.27. The van der Waals surface area contributed by atoms with Gasteiger partial charge in [-0.15, -0.1) is 0 Å². The van der Waals surface area contributed by atoms with Crippen LogP contribution in [0.25, 0.3) is 0 Å². The molecule has 0 amide bonds. The van der Waals surface area contributed by atoms with Gasteiger partial charge in [-0.2, -0.15) is 0 Å². The molecule has 2 aromatic carbocycles. The summed E-state index contributed by atoms with van der Waals surface area (Å²) in [6.45, 7) is 5.90. The fourth-order valence-corrected chi connectivity index (χ4v) is 2.57. The van der Waals surface area contributed by atoms with Crippen LogP contribution in [0.5, 0.6) is 0 Å². The van der Waals surface area contributed by atoms with E-state index in [1.165, 1.54) is 12.1 Å². The van der Waals surface area contributed by atoms with E-state index in [2.05, 4.69) is 0 Å². The van der Waals surface area contributed by atoms with Crippen molar-refractivity contribution in [1.29, 1.82) is 0 Å². The zero-order chi connectivity index (χ0) is 14.0. The second kappa shape index (κ2) is 5.14. The summed E-state index contributed by atoms with van der Waals surface area (Å²) in [4.78, 5) is 0. The van der Waals surface area contributed by atoms with Gasteiger partial charge in [-0.1, -0.05) is 42.8 Å². The molecule has 1 atom stereocenters. The minimum atomic E-state index is -1.14. The van der Waals surface area contributed by atoms with Gasteiger partial charge in [0.15, 0.2) is 0 Å². The third kappa shape index (κ3) is 2.54. The van der Waals surface area contributed by atoms with Crippen LogP contribution in [0.4, 0.5) is 4.39 Å². The van der Waals surface area contributed by atoms with Gasteiger partial charge in [0.25, 0.3) is 0 Å². The molecular formula is C17H19FO. The van der Waals surface area contributed by atoms with Gasteiger partial charge in [-0.05, 0) is 49.1 Å². The van der Waals surface area contributed by atoms with Crippen molar-refractivity contribution in [2.45, 2.75) is 32.8 Å². The first-order valence-corrected chi connectivity index (χ1v) is 6.53. The SMILES string of the molecule is CCC(O)(c1cccc(F)c1)c1ccc(C)cc1C. The van der Waals surface area contributed by atoms with Crippen LogP contribution in [0.1, 0.15) is 35.6 Å². The first-order chi connectivity index (χ1) is 8.97. The number of aliphatic hydroxyl groups is 1. The third-order valence-corrected chi connectivity index (χ3v) is 3.64. The molecule has 2 aromatic rings. The largest absolute Gasteiger partial charge is 0.380 e. The minimum Gasteiger partial charge on any atom is -0.380 e. The summed E-state index contributed by atoms with van der Waals surface area (Å²) >= 11 is 0. The second-order valence-electron chi connectivity index (χ2n) is 5.04. The highest BCUT2D eigenvalue weighted by atomic mass is 19.1. The zero-order valence-corrected chi connectivity index (χ0v) is 11.6. The molecule has 2 rings (SSSR count). The molecule has 0 spiro atoms. The summed E-state index contributed by atoms with van der Waals surface area (Å²) in [7, 11) is 0. The summed E-state index contributed by atoms with van der Waals surface area (Å²) in [6.07, 6.45) is 0.500. The average Bonchev–Trinajstić information content (AvgIpc) is 2.38. The molecule has 0 heterocycles. The molecule has 100 valence electrons. The van der Waals surface area contributed by atoms with Gasteiger partial charge >= 0.3 is 0 Å². The normalized spacial score (nSPS) is 14.2. The second-order valence-corrected chi connectivity index (χ2v) is 5.04. The van der Waals surface area contributed by atoms with Crippen molar-refractivity contribution in [2.75, 3.05) is 0 Å². The monoisotopic (exact) mass is 258 g/mol. The summed E-state index contributed by atoms with van der Waals surface area (Å²) in [5.74, 6) is -0.325. The van der Waals surface area contributed by atoms with E-state index < -0.39 is 5.60 Å². The Morgan fingerprint density at radius 1 is 1.11 bits per heavy atom. The van der Waals surface area contributed by atoms with Gasteiger partial charge in [-0.25, -0.2) is 4.39 Å². The summed E-state index contributed by atoms with van der Waals surface area (Å²) in [5, 5.41) is 11.0. The van der Waals surface area contributed by atoms with Gasteiger partial charge in [0.05, 0.1) is 0 Å². The van der Waals surface area contributed by atoms with Crippen LogP contribution < -0.4 is 0 Å². The number of benzene rings is 2. The van der Waals surface area contributed by atoms with Crippen molar-refractivity contribution >= 4 is 0 Å². The molecule has 1 unspecified atom stereocenters. The van der Waals surface area contributed by atoms with Gasteiger partial charge in [-0.3, -0.25) is 0 Å². The Hall–Kier alpha value is -1.67. The smallest absolute Gasteiger partial charge is 0.123 e. The zero-order valence-electron chi connectivity index (χ0n) is 11.6. The average molecular weight is 258 g/mol. The standard InChI is InChI=1S/C17H19FO/c1-4-17(19,14-6-5-7-15(18)11-14)16-9-8-12(2)10-13(16)3/h5-11,19H,4H2,1-3H3. The van der Waals surface area contributed by atoms with E-state index in [0.29, 0.717) is 12.0 Å². The van der Waals surface area contributed by atoms with Crippen LogP contribution in [-0.2, 0) is 5.60 Å². The predicted octanol–water partition coefficient (Wildman–Crippen LogP) is 4.09. The fraction of sp³-hybridized carbons (Fsp3) is 0.294. The number of hydrogen-bond acceptors (Lipinski definition) is 1. The van der Waals surface area contributed by atoms with Gasteiger partial charge in [0.2, 0.25) is 0 Å². The van der Waals surface area contributed by atoms with Crippen molar-refractivity contribution in [3.8, 4) is 0 Å². The van der Waals surface area contributed by atoms with Gasteiger partial charge in [0.1, 0.15) is 11.4 Å². The number of aryl methyl sites for hydroxylation is 2. The van der Waals surface area contributed by atoms with E-state index in [1.807, 2.05) is 39.0 Å². The molecule has 0 fully saturated rings. The molecule has 0 aliphatic heterocycles. The number of halogens is 1. The Labute approximate surface area is 113 Å².